The number of benzene rings is 4. The van der Waals surface area contributed by atoms with Crippen molar-refractivity contribution in [2.75, 3.05) is 0 Å². The molecule has 45 heavy (non-hydrogen) atoms. The van der Waals surface area contributed by atoms with Gasteiger partial charge in [-0.2, -0.15) is 0 Å². The highest BCUT2D eigenvalue weighted by Crippen LogP contribution is 2.30. The number of hydrogen-bond acceptors (Lipinski definition) is 4. The number of imidazole rings is 2. The highest BCUT2D eigenvalue weighted by Gasteiger charge is 2.21. The fraction of sp³-hybridized carbons (Fsp3) is 0.256. The summed E-state index contributed by atoms with van der Waals surface area (Å²) in [4.78, 5) is 22.8. The molecule has 2 aromatic heterocycles. The molecule has 0 fully saturated rings. The third kappa shape index (κ3) is 6.75. The molecule has 0 unspecified atom stereocenters. The highest BCUT2D eigenvalue weighted by molar-refractivity contribution is 5.97. The number of fused-ring (bicyclic) bond motifs is 1. The number of rotatable bonds is 9. The zero-order valence-corrected chi connectivity index (χ0v) is 26.7. The van der Waals surface area contributed by atoms with Gasteiger partial charge in [0.1, 0.15) is 11.4 Å². The summed E-state index contributed by atoms with van der Waals surface area (Å²) < 4.78 is 10.2. The number of hydrogen-bond donors (Lipinski definition) is 0. The lowest BCUT2D eigenvalue weighted by Gasteiger charge is -2.20. The molecule has 0 aliphatic rings. The maximum atomic E-state index is 13.0. The van der Waals surface area contributed by atoms with Gasteiger partial charge in [-0.3, -0.25) is 0 Å². The van der Waals surface area contributed by atoms with Gasteiger partial charge < -0.3 is 13.9 Å². The van der Waals surface area contributed by atoms with Crippen LogP contribution in [0.4, 0.5) is 0 Å². The number of carbonyl (C=O) groups is 1. The topological polar surface area (TPSA) is 61.9 Å². The molecular formula is C39H40N4O2. The van der Waals surface area contributed by atoms with Crippen molar-refractivity contribution in [3.05, 3.63) is 132 Å². The van der Waals surface area contributed by atoms with Gasteiger partial charge in [0, 0.05) is 31.3 Å². The Kier molecular flexibility index (Phi) is 8.40. The van der Waals surface area contributed by atoms with Crippen molar-refractivity contribution in [3.63, 3.8) is 0 Å². The number of aryl methyl sites for hydroxylation is 2. The van der Waals surface area contributed by atoms with Crippen LogP contribution in [0.1, 0.15) is 67.0 Å². The van der Waals surface area contributed by atoms with Gasteiger partial charge in [-0.15, -0.1) is 0 Å². The molecule has 0 N–H and O–H groups in total. The molecule has 6 heteroatoms. The first-order valence-electron chi connectivity index (χ1n) is 15.7. The molecule has 0 atom stereocenters. The average molecular weight is 597 g/mol. The van der Waals surface area contributed by atoms with Gasteiger partial charge in [0.15, 0.2) is 0 Å². The van der Waals surface area contributed by atoms with E-state index in [2.05, 4.69) is 89.8 Å². The van der Waals surface area contributed by atoms with Gasteiger partial charge in [0.25, 0.3) is 0 Å². The van der Waals surface area contributed by atoms with Crippen molar-refractivity contribution in [1.29, 1.82) is 0 Å². The summed E-state index contributed by atoms with van der Waals surface area (Å²) in [5.74, 6) is 0.772. The number of nitrogens with zero attached hydrogens (tertiary/aromatic N) is 4. The first-order chi connectivity index (χ1) is 21.7. The fourth-order valence-corrected chi connectivity index (χ4v) is 5.79. The maximum Gasteiger partial charge on any atom is 0.339 e. The predicted molar refractivity (Wildman–Crippen MR) is 181 cm³/mol. The SMILES string of the molecule is CCCc1nc2c(C)cc(-c3cn(Cc4ccccc4)cn3)cc2n1Cc1ccc(-c2ccccc2C(=O)OC(C)(C)C)cc1. The molecule has 0 bridgehead atoms. The Balaban J connectivity index is 1.31. The molecule has 0 saturated carbocycles. The first-order valence-corrected chi connectivity index (χ1v) is 15.7. The van der Waals surface area contributed by atoms with Crippen LogP contribution < -0.4 is 0 Å². The summed E-state index contributed by atoms with van der Waals surface area (Å²) in [6, 6.07) is 31.0. The molecule has 6 rings (SSSR count). The predicted octanol–water partition coefficient (Wildman–Crippen LogP) is 8.88. The number of carbonyl (C=O) groups excluding carboxylic acids is 1. The van der Waals surface area contributed by atoms with E-state index < -0.39 is 5.60 Å². The standard InChI is InChI=1S/C39H40N4O2/c1-6-12-36-41-37-27(2)21-31(34-25-42(26-40-34)23-28-13-8-7-9-14-28)22-35(37)43(36)24-29-17-19-30(20-18-29)32-15-10-11-16-33(32)38(44)45-39(3,4)5/h7-11,13-22,25-26H,6,12,23-24H2,1-5H3. The van der Waals surface area contributed by atoms with Crippen molar-refractivity contribution in [2.24, 2.45) is 0 Å². The lowest BCUT2D eigenvalue weighted by Crippen LogP contribution is -2.24. The van der Waals surface area contributed by atoms with Crippen LogP contribution in [0.2, 0.25) is 0 Å². The molecule has 0 radical (unpaired) electrons. The van der Waals surface area contributed by atoms with Crippen LogP contribution in [0.25, 0.3) is 33.4 Å². The molecule has 228 valence electrons. The fourth-order valence-electron chi connectivity index (χ4n) is 5.79. The normalized spacial score (nSPS) is 11.7. The Labute approximate surface area is 265 Å². The number of ether oxygens (including phenoxy) is 1. The molecule has 0 amide bonds. The van der Waals surface area contributed by atoms with E-state index in [4.69, 9.17) is 14.7 Å². The van der Waals surface area contributed by atoms with E-state index in [-0.39, 0.29) is 5.97 Å². The second kappa shape index (κ2) is 12.6. The highest BCUT2D eigenvalue weighted by atomic mass is 16.6. The van der Waals surface area contributed by atoms with Gasteiger partial charge in [0.05, 0.1) is 28.6 Å². The van der Waals surface area contributed by atoms with Gasteiger partial charge in [-0.05, 0) is 80.1 Å². The van der Waals surface area contributed by atoms with Gasteiger partial charge >= 0.3 is 5.97 Å². The molecule has 0 aliphatic heterocycles. The maximum absolute atomic E-state index is 13.0. The smallest absolute Gasteiger partial charge is 0.339 e. The van der Waals surface area contributed by atoms with Crippen LogP contribution in [-0.2, 0) is 24.2 Å². The Hall–Kier alpha value is -4.97. The van der Waals surface area contributed by atoms with Gasteiger partial charge in [-0.1, -0.05) is 79.7 Å². The molecule has 0 spiro atoms. The lowest BCUT2D eigenvalue weighted by molar-refractivity contribution is 0.00704. The Morgan fingerprint density at radius 2 is 1.56 bits per heavy atom. The van der Waals surface area contributed by atoms with Crippen LogP contribution in [-0.4, -0.2) is 30.7 Å². The van der Waals surface area contributed by atoms with E-state index in [1.807, 2.05) is 57.4 Å². The first kappa shape index (κ1) is 30.1. The van der Waals surface area contributed by atoms with E-state index in [1.54, 1.807) is 0 Å². The van der Waals surface area contributed by atoms with Crippen molar-refractivity contribution >= 4 is 17.0 Å². The minimum absolute atomic E-state index is 0.313. The summed E-state index contributed by atoms with van der Waals surface area (Å²) in [5, 5.41) is 0. The van der Waals surface area contributed by atoms with Crippen molar-refractivity contribution in [1.82, 2.24) is 19.1 Å². The average Bonchev–Trinajstić information content (AvgIpc) is 3.62. The summed E-state index contributed by atoms with van der Waals surface area (Å²) in [5.41, 5.74) is 9.61. The monoisotopic (exact) mass is 596 g/mol. The van der Waals surface area contributed by atoms with E-state index in [9.17, 15) is 4.79 Å². The van der Waals surface area contributed by atoms with Crippen LogP contribution in [0.15, 0.2) is 104 Å². The molecule has 6 aromatic rings. The largest absolute Gasteiger partial charge is 0.456 e. The third-order valence-corrected chi connectivity index (χ3v) is 7.89. The second-order valence-electron chi connectivity index (χ2n) is 12.7. The molecule has 0 aliphatic carbocycles. The summed E-state index contributed by atoms with van der Waals surface area (Å²) in [6.07, 6.45) is 5.94. The Bertz CT molecular complexity index is 1940. The minimum Gasteiger partial charge on any atom is -0.456 e. The van der Waals surface area contributed by atoms with E-state index in [1.165, 1.54) is 11.1 Å². The number of aromatic nitrogens is 4. The Morgan fingerprint density at radius 1 is 0.844 bits per heavy atom. The van der Waals surface area contributed by atoms with Crippen molar-refractivity contribution in [2.45, 2.75) is 66.2 Å². The second-order valence-corrected chi connectivity index (χ2v) is 12.7. The van der Waals surface area contributed by atoms with Crippen LogP contribution in [0.3, 0.4) is 0 Å². The van der Waals surface area contributed by atoms with Crippen LogP contribution in [0.5, 0.6) is 0 Å². The molecule has 2 heterocycles. The van der Waals surface area contributed by atoms with Gasteiger partial charge in [-0.25, -0.2) is 14.8 Å². The zero-order valence-electron chi connectivity index (χ0n) is 26.7. The van der Waals surface area contributed by atoms with Crippen molar-refractivity contribution in [3.8, 4) is 22.4 Å². The van der Waals surface area contributed by atoms with Crippen LogP contribution >= 0.6 is 0 Å². The van der Waals surface area contributed by atoms with E-state index >= 15 is 0 Å². The van der Waals surface area contributed by atoms with E-state index in [0.29, 0.717) is 12.1 Å². The summed E-state index contributed by atoms with van der Waals surface area (Å²) in [6.45, 7) is 11.5. The number of esters is 1. The van der Waals surface area contributed by atoms with Crippen molar-refractivity contribution < 1.29 is 9.53 Å². The quantitative estimate of drug-likeness (QED) is 0.156. The summed E-state index contributed by atoms with van der Waals surface area (Å²) in [7, 11) is 0. The summed E-state index contributed by atoms with van der Waals surface area (Å²) >= 11 is 0. The lowest BCUT2D eigenvalue weighted by atomic mass is 9.98. The Morgan fingerprint density at radius 3 is 2.29 bits per heavy atom. The molecule has 6 nitrogen and oxygen atoms in total. The zero-order chi connectivity index (χ0) is 31.6. The molecular weight excluding hydrogens is 556 g/mol. The van der Waals surface area contributed by atoms with Crippen LogP contribution in [0, 0.1) is 6.92 Å². The van der Waals surface area contributed by atoms with E-state index in [0.717, 1.165) is 64.2 Å². The minimum atomic E-state index is -0.557. The molecule has 0 saturated heterocycles. The third-order valence-electron chi connectivity index (χ3n) is 7.89. The molecule has 4 aromatic carbocycles. The van der Waals surface area contributed by atoms with Gasteiger partial charge in [0.2, 0.25) is 0 Å².